The van der Waals surface area contributed by atoms with Gasteiger partial charge in [0.25, 0.3) is 0 Å². The van der Waals surface area contributed by atoms with Gasteiger partial charge in [-0.15, -0.1) is 0 Å². The van der Waals surface area contributed by atoms with Crippen LogP contribution in [0.1, 0.15) is 24.3 Å². The number of methoxy groups -OCH3 is 1. The van der Waals surface area contributed by atoms with Gasteiger partial charge in [-0.2, -0.15) is 0 Å². The molecule has 0 saturated carbocycles. The summed E-state index contributed by atoms with van der Waals surface area (Å²) in [5, 5.41) is 11.8. The van der Waals surface area contributed by atoms with Gasteiger partial charge in [0.1, 0.15) is 11.5 Å². The summed E-state index contributed by atoms with van der Waals surface area (Å²) in [5.41, 5.74) is 2.25. The third-order valence-electron chi connectivity index (χ3n) is 5.39. The molecule has 1 saturated heterocycles. The Morgan fingerprint density at radius 2 is 2.03 bits per heavy atom. The molecule has 1 atom stereocenters. The number of piperidine rings is 1. The minimum atomic E-state index is -0.766. The van der Waals surface area contributed by atoms with Crippen molar-refractivity contribution in [2.24, 2.45) is 4.99 Å². The van der Waals surface area contributed by atoms with Crippen LogP contribution in [0.4, 0.5) is 8.78 Å². The normalized spacial score (nSPS) is 16.2. The Labute approximate surface area is 172 Å². The average Bonchev–Trinajstić information content (AvgIpc) is 3.18. The Morgan fingerprint density at radius 1 is 1.23 bits per heavy atom. The molecule has 0 aliphatic carbocycles. The maximum absolute atomic E-state index is 14.2. The zero-order valence-corrected chi connectivity index (χ0v) is 16.6. The highest BCUT2D eigenvalue weighted by Gasteiger charge is 2.19. The van der Waals surface area contributed by atoms with Crippen molar-refractivity contribution < 1.29 is 13.5 Å². The zero-order chi connectivity index (χ0) is 21.1. The SMILES string of the molecule is COc1c(F)cc(F)cc1-c1c[nH]c2ncc(C(C=N)C=NC3CCNCC3)cc12. The van der Waals surface area contributed by atoms with Gasteiger partial charge in [-0.25, -0.2) is 13.8 Å². The van der Waals surface area contributed by atoms with Crippen molar-refractivity contribution in [3.05, 3.63) is 47.8 Å². The van der Waals surface area contributed by atoms with Crippen molar-refractivity contribution in [1.29, 1.82) is 5.41 Å². The molecule has 1 aliphatic rings. The average molecular weight is 411 g/mol. The topological polar surface area (TPSA) is 86.2 Å². The van der Waals surface area contributed by atoms with E-state index in [0.717, 1.165) is 37.6 Å². The Morgan fingerprint density at radius 3 is 2.77 bits per heavy atom. The number of hydrogen-bond donors (Lipinski definition) is 3. The zero-order valence-electron chi connectivity index (χ0n) is 16.6. The molecule has 3 heterocycles. The van der Waals surface area contributed by atoms with Crippen LogP contribution in [-0.2, 0) is 0 Å². The predicted octanol–water partition coefficient (Wildman–Crippen LogP) is 4.07. The minimum absolute atomic E-state index is 0.0289. The van der Waals surface area contributed by atoms with E-state index >= 15 is 0 Å². The highest BCUT2D eigenvalue weighted by atomic mass is 19.1. The Balaban J connectivity index is 1.73. The molecule has 0 bridgehead atoms. The number of ether oxygens (including phenoxy) is 1. The third kappa shape index (κ3) is 3.95. The maximum atomic E-state index is 14.2. The molecule has 6 nitrogen and oxygen atoms in total. The van der Waals surface area contributed by atoms with Crippen LogP contribution in [0, 0.1) is 17.0 Å². The first-order valence-electron chi connectivity index (χ1n) is 9.85. The van der Waals surface area contributed by atoms with Gasteiger partial charge in [-0.05, 0) is 43.6 Å². The van der Waals surface area contributed by atoms with E-state index in [1.807, 2.05) is 6.07 Å². The van der Waals surface area contributed by atoms with Crippen molar-refractivity contribution in [3.8, 4) is 16.9 Å². The molecular formula is C22H23F2N5O. The molecular weight excluding hydrogens is 388 g/mol. The first kappa shape index (κ1) is 20.2. The van der Waals surface area contributed by atoms with E-state index in [0.29, 0.717) is 22.2 Å². The molecule has 0 spiro atoms. The molecule has 2 aromatic heterocycles. The number of fused-ring (bicyclic) bond motifs is 1. The number of hydrogen-bond acceptors (Lipinski definition) is 5. The quantitative estimate of drug-likeness (QED) is 0.535. The minimum Gasteiger partial charge on any atom is -0.493 e. The number of pyridine rings is 1. The fourth-order valence-electron chi connectivity index (χ4n) is 3.79. The van der Waals surface area contributed by atoms with Crippen LogP contribution in [0.5, 0.6) is 5.75 Å². The molecule has 1 fully saturated rings. The van der Waals surface area contributed by atoms with Gasteiger partial charge < -0.3 is 20.4 Å². The van der Waals surface area contributed by atoms with Crippen LogP contribution in [0.2, 0.25) is 0 Å². The number of nitrogens with zero attached hydrogens (tertiary/aromatic N) is 2. The van der Waals surface area contributed by atoms with Gasteiger partial charge in [0, 0.05) is 47.4 Å². The van der Waals surface area contributed by atoms with Crippen molar-refractivity contribution >= 4 is 23.5 Å². The summed E-state index contributed by atoms with van der Waals surface area (Å²) in [4.78, 5) is 12.1. The molecule has 1 aliphatic heterocycles. The standard InChI is InChI=1S/C22H23F2N5O/c1-30-21-17(7-15(23)8-20(21)24)19-12-29-22-18(19)6-13(10-28-22)14(9-25)11-27-16-2-4-26-5-3-16/h6-12,14,16,25-26H,2-5H2,1H3,(H,28,29). The monoisotopic (exact) mass is 411 g/mol. The first-order valence-corrected chi connectivity index (χ1v) is 9.85. The number of aliphatic imine (C=N–C) groups is 1. The molecule has 8 heteroatoms. The number of rotatable bonds is 6. The molecule has 0 radical (unpaired) electrons. The summed E-state index contributed by atoms with van der Waals surface area (Å²) in [6.07, 6.45) is 8.41. The van der Waals surface area contributed by atoms with E-state index in [1.54, 1.807) is 18.6 Å². The summed E-state index contributed by atoms with van der Waals surface area (Å²) in [6, 6.07) is 4.17. The third-order valence-corrected chi connectivity index (χ3v) is 5.39. The summed E-state index contributed by atoms with van der Waals surface area (Å²) >= 11 is 0. The van der Waals surface area contributed by atoms with Crippen molar-refractivity contribution in [3.63, 3.8) is 0 Å². The molecule has 0 amide bonds. The Hall–Kier alpha value is -3.13. The lowest BCUT2D eigenvalue weighted by Gasteiger charge is -2.19. The molecule has 156 valence electrons. The lowest BCUT2D eigenvalue weighted by molar-refractivity contribution is 0.386. The number of aromatic amines is 1. The number of H-pyrrole nitrogens is 1. The largest absolute Gasteiger partial charge is 0.493 e. The second kappa shape index (κ2) is 8.71. The summed E-state index contributed by atoms with van der Waals surface area (Å²) < 4.78 is 33.3. The molecule has 4 rings (SSSR count). The van der Waals surface area contributed by atoms with Crippen LogP contribution in [-0.4, -0.2) is 48.6 Å². The second-order valence-electron chi connectivity index (χ2n) is 7.31. The lowest BCUT2D eigenvalue weighted by Crippen LogP contribution is -2.30. The Bertz CT molecular complexity index is 1090. The number of halogens is 2. The number of benzene rings is 1. The fourth-order valence-corrected chi connectivity index (χ4v) is 3.79. The van der Waals surface area contributed by atoms with Crippen molar-refractivity contribution in [2.45, 2.75) is 24.8 Å². The van der Waals surface area contributed by atoms with E-state index in [1.165, 1.54) is 19.4 Å². The van der Waals surface area contributed by atoms with Crippen molar-refractivity contribution in [1.82, 2.24) is 15.3 Å². The van der Waals surface area contributed by atoms with Gasteiger partial charge in [0.05, 0.1) is 19.1 Å². The number of nitrogens with one attached hydrogen (secondary N) is 3. The van der Waals surface area contributed by atoms with Crippen LogP contribution >= 0.6 is 0 Å². The van der Waals surface area contributed by atoms with E-state index in [2.05, 4.69) is 20.3 Å². The molecule has 1 aromatic carbocycles. The van der Waals surface area contributed by atoms with Gasteiger partial charge in [-0.3, -0.25) is 4.99 Å². The molecule has 3 N–H and O–H groups in total. The van der Waals surface area contributed by atoms with Gasteiger partial charge in [0.15, 0.2) is 11.6 Å². The molecule has 30 heavy (non-hydrogen) atoms. The summed E-state index contributed by atoms with van der Waals surface area (Å²) in [7, 11) is 1.35. The second-order valence-corrected chi connectivity index (χ2v) is 7.31. The van der Waals surface area contributed by atoms with Crippen LogP contribution < -0.4 is 10.1 Å². The number of aromatic nitrogens is 2. The van der Waals surface area contributed by atoms with Crippen LogP contribution in [0.3, 0.4) is 0 Å². The van der Waals surface area contributed by atoms with E-state index in [-0.39, 0.29) is 17.7 Å². The van der Waals surface area contributed by atoms with E-state index in [9.17, 15) is 8.78 Å². The fraction of sp³-hybridized carbons (Fsp3) is 0.318. The van der Waals surface area contributed by atoms with Crippen LogP contribution in [0.25, 0.3) is 22.2 Å². The van der Waals surface area contributed by atoms with Gasteiger partial charge in [0.2, 0.25) is 0 Å². The Kier molecular flexibility index (Phi) is 5.85. The smallest absolute Gasteiger partial charge is 0.168 e. The lowest BCUT2D eigenvalue weighted by atomic mass is 9.99. The molecule has 1 unspecified atom stereocenters. The maximum Gasteiger partial charge on any atom is 0.168 e. The van der Waals surface area contributed by atoms with Crippen molar-refractivity contribution in [2.75, 3.05) is 20.2 Å². The highest BCUT2D eigenvalue weighted by molar-refractivity contribution is 5.97. The predicted molar refractivity (Wildman–Crippen MR) is 114 cm³/mol. The summed E-state index contributed by atoms with van der Waals surface area (Å²) in [5.74, 6) is -1.81. The highest BCUT2D eigenvalue weighted by Crippen LogP contribution is 2.37. The van der Waals surface area contributed by atoms with E-state index < -0.39 is 11.6 Å². The van der Waals surface area contributed by atoms with Gasteiger partial charge in [-0.1, -0.05) is 0 Å². The van der Waals surface area contributed by atoms with E-state index in [4.69, 9.17) is 10.1 Å². The van der Waals surface area contributed by atoms with Gasteiger partial charge >= 0.3 is 0 Å². The first-order chi connectivity index (χ1) is 14.6. The molecule has 3 aromatic rings. The summed E-state index contributed by atoms with van der Waals surface area (Å²) in [6.45, 7) is 1.90. The van der Waals surface area contributed by atoms with Crippen LogP contribution in [0.15, 0.2) is 35.6 Å².